The molecule has 4 rings (SSSR count). The molecule has 1 fully saturated rings. The van der Waals surface area contributed by atoms with Gasteiger partial charge in [0.15, 0.2) is 5.11 Å². The van der Waals surface area contributed by atoms with Gasteiger partial charge in [0.2, 0.25) is 0 Å². The summed E-state index contributed by atoms with van der Waals surface area (Å²) in [5.74, 6) is -1.55. The molecular formula is C23H18FN3O2S. The van der Waals surface area contributed by atoms with E-state index in [9.17, 15) is 14.0 Å². The van der Waals surface area contributed by atoms with Crippen molar-refractivity contribution in [1.82, 2.24) is 9.88 Å². The fourth-order valence-electron chi connectivity index (χ4n) is 3.55. The molecule has 0 saturated carbocycles. The van der Waals surface area contributed by atoms with Crippen LogP contribution in [-0.4, -0.2) is 21.5 Å². The van der Waals surface area contributed by atoms with E-state index < -0.39 is 17.6 Å². The van der Waals surface area contributed by atoms with Gasteiger partial charge in [-0.15, -0.1) is 0 Å². The molecule has 7 heteroatoms. The summed E-state index contributed by atoms with van der Waals surface area (Å²) in [7, 11) is 0. The molecule has 0 atom stereocenters. The highest BCUT2D eigenvalue weighted by molar-refractivity contribution is 7.80. The molecular weight excluding hydrogens is 401 g/mol. The standard InChI is InChI=1S/C23H18FN3O2S/c1-14-12-16(15(2)26(14)18-6-4-3-5-7-18)13-20-21(28)25-23(30)27(22(20)29)19-10-8-17(24)9-11-19/h3-13H,1-2H3,(H,25,28,30)/b20-13+. The van der Waals surface area contributed by atoms with Crippen LogP contribution in [0, 0.1) is 19.7 Å². The number of amides is 2. The first-order chi connectivity index (χ1) is 14.4. The zero-order chi connectivity index (χ0) is 21.4. The van der Waals surface area contributed by atoms with Crippen molar-refractivity contribution < 1.29 is 14.0 Å². The minimum absolute atomic E-state index is 0.0384. The van der Waals surface area contributed by atoms with Crippen LogP contribution in [0.25, 0.3) is 11.8 Å². The number of nitrogens with zero attached hydrogens (tertiary/aromatic N) is 2. The summed E-state index contributed by atoms with van der Waals surface area (Å²) in [6.45, 7) is 3.89. The number of thiocarbonyl (C=S) groups is 1. The minimum Gasteiger partial charge on any atom is -0.318 e. The summed E-state index contributed by atoms with van der Waals surface area (Å²) in [5.41, 5.74) is 3.95. The lowest BCUT2D eigenvalue weighted by Crippen LogP contribution is -2.54. The van der Waals surface area contributed by atoms with Crippen molar-refractivity contribution in [3.63, 3.8) is 0 Å². The summed E-state index contributed by atoms with van der Waals surface area (Å²) >= 11 is 5.18. The molecule has 2 heterocycles. The highest BCUT2D eigenvalue weighted by Crippen LogP contribution is 2.26. The van der Waals surface area contributed by atoms with Gasteiger partial charge in [0.1, 0.15) is 11.4 Å². The van der Waals surface area contributed by atoms with Crippen LogP contribution in [0.5, 0.6) is 0 Å². The van der Waals surface area contributed by atoms with E-state index >= 15 is 0 Å². The number of hydrogen-bond acceptors (Lipinski definition) is 3. The predicted molar refractivity (Wildman–Crippen MR) is 118 cm³/mol. The van der Waals surface area contributed by atoms with Crippen LogP contribution in [-0.2, 0) is 9.59 Å². The van der Waals surface area contributed by atoms with Crippen molar-refractivity contribution in [3.8, 4) is 5.69 Å². The summed E-state index contributed by atoms with van der Waals surface area (Å²) < 4.78 is 15.3. The van der Waals surface area contributed by atoms with Gasteiger partial charge in [0.05, 0.1) is 5.69 Å². The predicted octanol–water partition coefficient (Wildman–Crippen LogP) is 4.06. The van der Waals surface area contributed by atoms with Crippen LogP contribution in [0.3, 0.4) is 0 Å². The van der Waals surface area contributed by atoms with Crippen molar-refractivity contribution in [3.05, 3.63) is 89.0 Å². The smallest absolute Gasteiger partial charge is 0.270 e. The van der Waals surface area contributed by atoms with Crippen LogP contribution < -0.4 is 10.2 Å². The Hall–Kier alpha value is -3.58. The number of benzene rings is 2. The highest BCUT2D eigenvalue weighted by atomic mass is 32.1. The SMILES string of the molecule is Cc1cc(/C=C2\C(=O)NC(=S)N(c3ccc(F)cc3)C2=O)c(C)n1-c1ccccc1. The Bertz CT molecular complexity index is 1200. The molecule has 1 N–H and O–H groups in total. The molecule has 2 aromatic carbocycles. The van der Waals surface area contributed by atoms with Gasteiger partial charge in [-0.2, -0.15) is 0 Å². The second-order valence-electron chi connectivity index (χ2n) is 6.93. The first-order valence-electron chi connectivity index (χ1n) is 9.28. The number of nitrogens with one attached hydrogen (secondary N) is 1. The monoisotopic (exact) mass is 419 g/mol. The average Bonchev–Trinajstić information content (AvgIpc) is 3.00. The molecule has 2 amide bonds. The highest BCUT2D eigenvalue weighted by Gasteiger charge is 2.34. The third kappa shape index (κ3) is 3.44. The first kappa shape index (κ1) is 19.7. The lowest BCUT2D eigenvalue weighted by molar-refractivity contribution is -0.122. The molecule has 0 unspecified atom stereocenters. The normalized spacial score (nSPS) is 15.6. The molecule has 0 bridgehead atoms. The number of carbonyl (C=O) groups is 2. The average molecular weight is 419 g/mol. The fraction of sp³-hybridized carbons (Fsp3) is 0.0870. The van der Waals surface area contributed by atoms with Gasteiger partial charge in [0.25, 0.3) is 11.8 Å². The van der Waals surface area contributed by atoms with Gasteiger partial charge >= 0.3 is 0 Å². The molecule has 1 aliphatic heterocycles. The summed E-state index contributed by atoms with van der Waals surface area (Å²) in [5, 5.41) is 2.51. The Kier molecular flexibility index (Phi) is 5.05. The van der Waals surface area contributed by atoms with Crippen LogP contribution in [0.2, 0.25) is 0 Å². The number of anilines is 1. The second kappa shape index (κ2) is 7.68. The molecule has 3 aromatic rings. The largest absolute Gasteiger partial charge is 0.318 e. The Labute approximate surface area is 178 Å². The lowest BCUT2D eigenvalue weighted by Gasteiger charge is -2.28. The molecule has 1 saturated heterocycles. The number of rotatable bonds is 3. The third-order valence-electron chi connectivity index (χ3n) is 4.97. The van der Waals surface area contributed by atoms with Crippen molar-refractivity contribution in [2.24, 2.45) is 0 Å². The van der Waals surface area contributed by atoms with Gasteiger partial charge in [-0.1, -0.05) is 18.2 Å². The minimum atomic E-state index is -0.562. The summed E-state index contributed by atoms with van der Waals surface area (Å²) in [6, 6.07) is 17.1. The number of hydrogen-bond donors (Lipinski definition) is 1. The summed E-state index contributed by atoms with van der Waals surface area (Å²) in [4.78, 5) is 26.9. The van der Waals surface area contributed by atoms with Gasteiger partial charge in [0, 0.05) is 17.1 Å². The van der Waals surface area contributed by atoms with E-state index in [2.05, 4.69) is 9.88 Å². The van der Waals surface area contributed by atoms with Gasteiger partial charge in [-0.25, -0.2) is 4.39 Å². The Morgan fingerprint density at radius 1 is 0.967 bits per heavy atom. The van der Waals surface area contributed by atoms with Gasteiger partial charge < -0.3 is 4.57 Å². The third-order valence-corrected chi connectivity index (χ3v) is 5.26. The van der Waals surface area contributed by atoms with Crippen LogP contribution >= 0.6 is 12.2 Å². The van der Waals surface area contributed by atoms with Crippen molar-refractivity contribution in [2.45, 2.75) is 13.8 Å². The zero-order valence-electron chi connectivity index (χ0n) is 16.3. The number of para-hydroxylation sites is 1. The maximum atomic E-state index is 13.3. The van der Waals surface area contributed by atoms with Gasteiger partial charge in [-0.05, 0) is 80.2 Å². The molecule has 150 valence electrons. The van der Waals surface area contributed by atoms with Crippen molar-refractivity contribution >= 4 is 40.9 Å². The lowest BCUT2D eigenvalue weighted by atomic mass is 10.1. The molecule has 0 radical (unpaired) electrons. The van der Waals surface area contributed by atoms with E-state index in [0.29, 0.717) is 5.69 Å². The van der Waals surface area contributed by atoms with Crippen molar-refractivity contribution in [2.75, 3.05) is 4.90 Å². The summed E-state index contributed by atoms with van der Waals surface area (Å²) in [6.07, 6.45) is 1.57. The molecule has 5 nitrogen and oxygen atoms in total. The first-order valence-corrected chi connectivity index (χ1v) is 9.69. The number of aromatic nitrogens is 1. The van der Waals surface area contributed by atoms with E-state index in [1.807, 2.05) is 50.2 Å². The van der Waals surface area contributed by atoms with Crippen LogP contribution in [0.1, 0.15) is 17.0 Å². The number of carbonyl (C=O) groups excluding carboxylic acids is 2. The zero-order valence-corrected chi connectivity index (χ0v) is 17.2. The van der Waals surface area contributed by atoms with Crippen LogP contribution in [0.4, 0.5) is 10.1 Å². The van der Waals surface area contributed by atoms with E-state index in [4.69, 9.17) is 12.2 Å². The molecule has 0 spiro atoms. The maximum absolute atomic E-state index is 13.3. The fourth-order valence-corrected chi connectivity index (χ4v) is 3.83. The topological polar surface area (TPSA) is 54.3 Å². The van der Waals surface area contributed by atoms with Crippen LogP contribution in [0.15, 0.2) is 66.2 Å². The Balaban J connectivity index is 1.76. The molecule has 1 aromatic heterocycles. The second-order valence-corrected chi connectivity index (χ2v) is 7.32. The Morgan fingerprint density at radius 2 is 1.63 bits per heavy atom. The van der Waals surface area contributed by atoms with E-state index in [1.165, 1.54) is 29.2 Å². The quantitative estimate of drug-likeness (QED) is 0.396. The Morgan fingerprint density at radius 3 is 2.30 bits per heavy atom. The molecule has 30 heavy (non-hydrogen) atoms. The number of aryl methyl sites for hydroxylation is 1. The van der Waals surface area contributed by atoms with Gasteiger partial charge in [-0.3, -0.25) is 19.8 Å². The number of halogens is 1. The van der Waals surface area contributed by atoms with E-state index in [1.54, 1.807) is 6.08 Å². The van der Waals surface area contributed by atoms with Crippen molar-refractivity contribution in [1.29, 1.82) is 0 Å². The van der Waals surface area contributed by atoms with E-state index in [-0.39, 0.29) is 10.7 Å². The van der Waals surface area contributed by atoms with E-state index in [0.717, 1.165) is 22.6 Å². The molecule has 1 aliphatic rings. The molecule has 0 aliphatic carbocycles. The maximum Gasteiger partial charge on any atom is 0.270 e.